The second-order valence-corrected chi connectivity index (χ2v) is 3.77. The Morgan fingerprint density at radius 2 is 2.00 bits per heavy atom. The minimum atomic E-state index is 0.164. The Morgan fingerprint density at radius 3 is 2.56 bits per heavy atom. The molecule has 0 fully saturated rings. The van der Waals surface area contributed by atoms with Gasteiger partial charge in [-0.3, -0.25) is 0 Å². The standard InChI is InChI=1S/C10H11N5S/c11-9-8(10(12)16)13-14-15(9)6-7-4-2-1-3-5-7/h1-5H,6,11H2,(H2,12,16). The van der Waals surface area contributed by atoms with Gasteiger partial charge in [-0.2, -0.15) is 0 Å². The fraction of sp³-hybridized carbons (Fsp3) is 0.100. The lowest BCUT2D eigenvalue weighted by Crippen LogP contribution is -2.13. The third-order valence-corrected chi connectivity index (χ3v) is 2.38. The first-order valence-electron chi connectivity index (χ1n) is 4.71. The Kier molecular flexibility index (Phi) is 2.82. The summed E-state index contributed by atoms with van der Waals surface area (Å²) in [6, 6.07) is 9.84. The Bertz CT molecular complexity index is 505. The van der Waals surface area contributed by atoms with Gasteiger partial charge in [-0.15, -0.1) is 5.10 Å². The number of benzene rings is 1. The molecule has 2 aromatic rings. The van der Waals surface area contributed by atoms with Gasteiger partial charge in [0.05, 0.1) is 6.54 Å². The van der Waals surface area contributed by atoms with E-state index in [1.807, 2.05) is 30.3 Å². The number of hydrogen-bond acceptors (Lipinski definition) is 4. The van der Waals surface area contributed by atoms with E-state index in [0.29, 0.717) is 18.1 Å². The number of rotatable bonds is 3. The molecule has 0 unspecified atom stereocenters. The number of nitrogens with two attached hydrogens (primary N) is 2. The fourth-order valence-corrected chi connectivity index (χ4v) is 1.51. The van der Waals surface area contributed by atoms with Crippen molar-refractivity contribution in [3.8, 4) is 0 Å². The fourth-order valence-electron chi connectivity index (χ4n) is 1.37. The highest BCUT2D eigenvalue weighted by Gasteiger charge is 2.11. The van der Waals surface area contributed by atoms with Gasteiger partial charge in [0.15, 0.2) is 11.5 Å². The number of nitrogens with zero attached hydrogens (tertiary/aromatic N) is 3. The molecule has 0 saturated heterocycles. The van der Waals surface area contributed by atoms with Crippen LogP contribution in [-0.2, 0) is 6.54 Å². The minimum absolute atomic E-state index is 0.164. The SMILES string of the molecule is NC(=S)c1nnn(Cc2ccccc2)c1N. The van der Waals surface area contributed by atoms with Gasteiger partial charge in [0, 0.05) is 0 Å². The van der Waals surface area contributed by atoms with Gasteiger partial charge in [-0.05, 0) is 5.56 Å². The maximum atomic E-state index is 5.82. The number of hydrogen-bond donors (Lipinski definition) is 2. The van der Waals surface area contributed by atoms with E-state index in [1.54, 1.807) is 4.68 Å². The topological polar surface area (TPSA) is 82.8 Å². The van der Waals surface area contributed by atoms with Crippen LogP contribution in [0.5, 0.6) is 0 Å². The largest absolute Gasteiger partial charge is 0.388 e. The summed E-state index contributed by atoms with van der Waals surface area (Å²) in [7, 11) is 0. The van der Waals surface area contributed by atoms with Crippen LogP contribution >= 0.6 is 12.2 Å². The van der Waals surface area contributed by atoms with Crippen molar-refractivity contribution < 1.29 is 0 Å². The van der Waals surface area contributed by atoms with Gasteiger partial charge in [0.25, 0.3) is 0 Å². The quantitative estimate of drug-likeness (QED) is 0.756. The maximum absolute atomic E-state index is 5.82. The number of nitrogen functional groups attached to an aromatic ring is 1. The lowest BCUT2D eigenvalue weighted by atomic mass is 10.2. The van der Waals surface area contributed by atoms with E-state index in [4.69, 9.17) is 23.7 Å². The minimum Gasteiger partial charge on any atom is -0.388 e. The molecule has 0 aliphatic heterocycles. The van der Waals surface area contributed by atoms with Crippen molar-refractivity contribution >= 4 is 23.0 Å². The zero-order valence-corrected chi connectivity index (χ0v) is 9.31. The number of anilines is 1. The molecule has 1 aromatic carbocycles. The zero-order valence-electron chi connectivity index (χ0n) is 8.50. The van der Waals surface area contributed by atoms with E-state index < -0.39 is 0 Å². The summed E-state index contributed by atoms with van der Waals surface area (Å²) in [5.74, 6) is 0.399. The first-order valence-corrected chi connectivity index (χ1v) is 5.12. The molecule has 0 atom stereocenters. The van der Waals surface area contributed by atoms with Crippen LogP contribution in [0.3, 0.4) is 0 Å². The van der Waals surface area contributed by atoms with Crippen LogP contribution in [0.2, 0.25) is 0 Å². The summed E-state index contributed by atoms with van der Waals surface area (Å²) in [6.07, 6.45) is 0. The molecule has 5 nitrogen and oxygen atoms in total. The molecule has 16 heavy (non-hydrogen) atoms. The average molecular weight is 233 g/mol. The van der Waals surface area contributed by atoms with Crippen molar-refractivity contribution in [1.82, 2.24) is 15.0 Å². The zero-order chi connectivity index (χ0) is 11.5. The smallest absolute Gasteiger partial charge is 0.163 e. The van der Waals surface area contributed by atoms with Crippen LogP contribution in [0.15, 0.2) is 30.3 Å². The summed E-state index contributed by atoms with van der Waals surface area (Å²) in [4.78, 5) is 0.164. The van der Waals surface area contributed by atoms with Crippen molar-refractivity contribution in [3.05, 3.63) is 41.6 Å². The second kappa shape index (κ2) is 4.28. The van der Waals surface area contributed by atoms with Crippen LogP contribution in [0, 0.1) is 0 Å². The highest BCUT2D eigenvalue weighted by atomic mass is 32.1. The molecule has 0 amide bonds. The molecule has 0 aliphatic rings. The average Bonchev–Trinajstić information content (AvgIpc) is 2.62. The second-order valence-electron chi connectivity index (χ2n) is 3.33. The first kappa shape index (κ1) is 10.6. The molecular formula is C10H11N5S. The van der Waals surface area contributed by atoms with E-state index in [1.165, 1.54) is 0 Å². The van der Waals surface area contributed by atoms with Crippen LogP contribution in [0.4, 0.5) is 5.82 Å². The first-order chi connectivity index (χ1) is 7.68. The van der Waals surface area contributed by atoms with Crippen molar-refractivity contribution in [2.24, 2.45) is 5.73 Å². The molecular weight excluding hydrogens is 222 g/mol. The van der Waals surface area contributed by atoms with Crippen LogP contribution in [0.25, 0.3) is 0 Å². The molecule has 0 spiro atoms. The van der Waals surface area contributed by atoms with E-state index in [-0.39, 0.29) is 4.99 Å². The maximum Gasteiger partial charge on any atom is 0.163 e. The van der Waals surface area contributed by atoms with Gasteiger partial charge in [-0.1, -0.05) is 47.8 Å². The van der Waals surface area contributed by atoms with Crippen LogP contribution in [-0.4, -0.2) is 20.0 Å². The van der Waals surface area contributed by atoms with Gasteiger partial charge >= 0.3 is 0 Å². The van der Waals surface area contributed by atoms with Crippen molar-refractivity contribution in [2.45, 2.75) is 6.54 Å². The molecule has 1 aromatic heterocycles. The predicted octanol–water partition coefficient (Wildman–Crippen LogP) is 0.543. The summed E-state index contributed by atoms with van der Waals surface area (Å²) in [6.45, 7) is 0.558. The Labute approximate surface area is 98.1 Å². The van der Waals surface area contributed by atoms with Crippen molar-refractivity contribution in [1.29, 1.82) is 0 Å². The number of aromatic nitrogens is 3. The van der Waals surface area contributed by atoms with Gasteiger partial charge < -0.3 is 11.5 Å². The third kappa shape index (κ3) is 2.01. The molecule has 1 heterocycles. The molecule has 0 aliphatic carbocycles. The highest BCUT2D eigenvalue weighted by Crippen LogP contribution is 2.10. The summed E-state index contributed by atoms with van der Waals surface area (Å²) in [5.41, 5.74) is 12.8. The van der Waals surface area contributed by atoms with Crippen LogP contribution < -0.4 is 11.5 Å². The molecule has 4 N–H and O–H groups in total. The van der Waals surface area contributed by atoms with E-state index in [9.17, 15) is 0 Å². The van der Waals surface area contributed by atoms with Crippen molar-refractivity contribution in [3.63, 3.8) is 0 Å². The summed E-state index contributed by atoms with van der Waals surface area (Å²) >= 11 is 4.81. The molecule has 82 valence electrons. The van der Waals surface area contributed by atoms with Crippen molar-refractivity contribution in [2.75, 3.05) is 5.73 Å². The monoisotopic (exact) mass is 233 g/mol. The molecule has 0 bridgehead atoms. The van der Waals surface area contributed by atoms with E-state index >= 15 is 0 Å². The van der Waals surface area contributed by atoms with Gasteiger partial charge in [0.1, 0.15) is 4.99 Å². The summed E-state index contributed by atoms with van der Waals surface area (Å²) in [5, 5.41) is 7.74. The molecule has 2 rings (SSSR count). The van der Waals surface area contributed by atoms with E-state index in [0.717, 1.165) is 5.56 Å². The van der Waals surface area contributed by atoms with Crippen LogP contribution in [0.1, 0.15) is 11.3 Å². The lowest BCUT2D eigenvalue weighted by molar-refractivity contribution is 0.657. The normalized spacial score (nSPS) is 10.2. The Balaban J connectivity index is 2.26. The van der Waals surface area contributed by atoms with Gasteiger partial charge in [0.2, 0.25) is 0 Å². The summed E-state index contributed by atoms with van der Waals surface area (Å²) < 4.78 is 1.57. The van der Waals surface area contributed by atoms with E-state index in [2.05, 4.69) is 10.3 Å². The molecule has 0 saturated carbocycles. The Hall–Kier alpha value is -1.95. The Morgan fingerprint density at radius 1 is 1.31 bits per heavy atom. The highest BCUT2D eigenvalue weighted by molar-refractivity contribution is 7.80. The number of thiocarbonyl (C=S) groups is 1. The third-order valence-electron chi connectivity index (χ3n) is 2.18. The molecule has 6 heteroatoms. The molecule has 0 radical (unpaired) electrons. The lowest BCUT2D eigenvalue weighted by Gasteiger charge is -2.02. The predicted molar refractivity (Wildman–Crippen MR) is 65.9 cm³/mol. The van der Waals surface area contributed by atoms with Gasteiger partial charge in [-0.25, -0.2) is 4.68 Å².